The number of ether oxygens (including phenoxy) is 1. The van der Waals surface area contributed by atoms with Crippen LogP contribution >= 0.6 is 0 Å². The molecule has 2 rings (SSSR count). The molecular formula is C15H17NO3. The number of aromatic nitrogens is 1. The van der Waals surface area contributed by atoms with Gasteiger partial charge in [0.25, 0.3) is 0 Å². The monoisotopic (exact) mass is 259 g/mol. The molecule has 0 amide bonds. The fourth-order valence-corrected chi connectivity index (χ4v) is 2.18. The van der Waals surface area contributed by atoms with Crippen LogP contribution in [-0.2, 0) is 10.2 Å². The summed E-state index contributed by atoms with van der Waals surface area (Å²) in [4.78, 5) is 15.9. The molecule has 0 saturated carbocycles. The second kappa shape index (κ2) is 4.53. The van der Waals surface area contributed by atoms with Crippen molar-refractivity contribution in [1.29, 1.82) is 0 Å². The molecule has 0 spiro atoms. The molecule has 0 atom stereocenters. The van der Waals surface area contributed by atoms with Crippen molar-refractivity contribution in [1.82, 2.24) is 4.98 Å². The Bertz CT molecular complexity index is 647. The molecule has 100 valence electrons. The number of rotatable bonds is 3. The van der Waals surface area contributed by atoms with Gasteiger partial charge >= 0.3 is 5.97 Å². The summed E-state index contributed by atoms with van der Waals surface area (Å²) in [7, 11) is 1.58. The maximum Gasteiger partial charge on any atom is 0.315 e. The predicted molar refractivity (Wildman–Crippen MR) is 73.7 cm³/mol. The molecule has 0 saturated heterocycles. The van der Waals surface area contributed by atoms with Crippen molar-refractivity contribution >= 4 is 16.9 Å². The molecule has 1 heterocycles. The number of nitrogens with zero attached hydrogens (tertiary/aromatic N) is 1. The molecule has 4 heteroatoms. The first-order chi connectivity index (χ1) is 8.87. The van der Waals surface area contributed by atoms with E-state index in [0.717, 1.165) is 10.9 Å². The van der Waals surface area contributed by atoms with E-state index < -0.39 is 11.4 Å². The lowest BCUT2D eigenvalue weighted by Crippen LogP contribution is -2.30. The third-order valence-corrected chi connectivity index (χ3v) is 3.35. The van der Waals surface area contributed by atoms with Crippen LogP contribution < -0.4 is 4.74 Å². The van der Waals surface area contributed by atoms with Gasteiger partial charge < -0.3 is 9.84 Å². The number of benzene rings is 1. The number of fused-ring (bicyclic) bond motifs is 1. The van der Waals surface area contributed by atoms with Crippen LogP contribution in [0.25, 0.3) is 10.9 Å². The van der Waals surface area contributed by atoms with Gasteiger partial charge in [-0.3, -0.25) is 4.79 Å². The first-order valence-electron chi connectivity index (χ1n) is 6.06. The minimum Gasteiger partial charge on any atom is -0.494 e. The van der Waals surface area contributed by atoms with Gasteiger partial charge in [-0.15, -0.1) is 0 Å². The lowest BCUT2D eigenvalue weighted by molar-refractivity contribution is -0.142. The molecule has 0 radical (unpaired) electrons. The third-order valence-electron chi connectivity index (χ3n) is 3.35. The van der Waals surface area contributed by atoms with E-state index in [1.54, 1.807) is 21.0 Å². The number of hydrogen-bond acceptors (Lipinski definition) is 3. The summed E-state index contributed by atoms with van der Waals surface area (Å²) in [6.07, 6.45) is 0. The van der Waals surface area contributed by atoms with Crippen LogP contribution in [0.5, 0.6) is 5.75 Å². The molecule has 1 aromatic heterocycles. The molecule has 2 aromatic rings. The molecule has 0 aliphatic heterocycles. The van der Waals surface area contributed by atoms with E-state index in [1.165, 1.54) is 0 Å². The Morgan fingerprint density at radius 1 is 1.37 bits per heavy atom. The highest BCUT2D eigenvalue weighted by Gasteiger charge is 2.33. The van der Waals surface area contributed by atoms with E-state index in [9.17, 15) is 9.90 Å². The Hall–Kier alpha value is -2.10. The molecule has 0 fully saturated rings. The lowest BCUT2D eigenvalue weighted by atomic mass is 9.86. The number of para-hydroxylation sites is 1. The largest absolute Gasteiger partial charge is 0.494 e. The summed E-state index contributed by atoms with van der Waals surface area (Å²) < 4.78 is 5.29. The first kappa shape index (κ1) is 13.3. The van der Waals surface area contributed by atoms with Crippen LogP contribution in [0.3, 0.4) is 0 Å². The van der Waals surface area contributed by atoms with Gasteiger partial charge in [0.05, 0.1) is 12.8 Å². The lowest BCUT2D eigenvalue weighted by Gasteiger charge is -2.21. The summed E-state index contributed by atoms with van der Waals surface area (Å²) >= 11 is 0. The predicted octanol–water partition coefficient (Wildman–Crippen LogP) is 2.91. The fourth-order valence-electron chi connectivity index (χ4n) is 2.18. The number of aryl methyl sites for hydroxylation is 1. The van der Waals surface area contributed by atoms with Crippen molar-refractivity contribution < 1.29 is 14.6 Å². The Morgan fingerprint density at radius 3 is 2.63 bits per heavy atom. The molecule has 4 nitrogen and oxygen atoms in total. The van der Waals surface area contributed by atoms with Gasteiger partial charge in [0, 0.05) is 5.39 Å². The van der Waals surface area contributed by atoms with Crippen LogP contribution in [0.2, 0.25) is 0 Å². The standard InChI is InChI=1S/C15H17NO3/c1-9-8-10-6-5-7-11(19-4)12(10)16-13(9)15(2,3)14(17)18/h5-8H,1-4H3,(H,17,18). The van der Waals surface area contributed by atoms with Gasteiger partial charge in [-0.1, -0.05) is 12.1 Å². The smallest absolute Gasteiger partial charge is 0.315 e. The van der Waals surface area contributed by atoms with Crippen LogP contribution in [0.4, 0.5) is 0 Å². The van der Waals surface area contributed by atoms with Gasteiger partial charge in [0.1, 0.15) is 16.7 Å². The number of methoxy groups -OCH3 is 1. The van der Waals surface area contributed by atoms with Crippen molar-refractivity contribution in [2.45, 2.75) is 26.2 Å². The summed E-state index contributed by atoms with van der Waals surface area (Å²) in [5.41, 5.74) is 1.10. The highest BCUT2D eigenvalue weighted by atomic mass is 16.5. The van der Waals surface area contributed by atoms with Crippen molar-refractivity contribution in [2.75, 3.05) is 7.11 Å². The summed E-state index contributed by atoms with van der Waals surface area (Å²) in [5, 5.41) is 10.3. The van der Waals surface area contributed by atoms with Crippen LogP contribution in [0.15, 0.2) is 24.3 Å². The van der Waals surface area contributed by atoms with Crippen molar-refractivity contribution in [3.8, 4) is 5.75 Å². The highest BCUT2D eigenvalue weighted by molar-refractivity contribution is 5.87. The fraction of sp³-hybridized carbons (Fsp3) is 0.333. The Balaban J connectivity index is 2.77. The van der Waals surface area contributed by atoms with Gasteiger partial charge in [0.2, 0.25) is 0 Å². The van der Waals surface area contributed by atoms with Crippen molar-refractivity contribution in [3.63, 3.8) is 0 Å². The van der Waals surface area contributed by atoms with E-state index in [-0.39, 0.29) is 0 Å². The Kier molecular flexibility index (Phi) is 3.18. The zero-order valence-corrected chi connectivity index (χ0v) is 11.5. The number of pyridine rings is 1. The van der Waals surface area contributed by atoms with E-state index in [1.807, 2.05) is 31.2 Å². The molecule has 1 N–H and O–H groups in total. The van der Waals surface area contributed by atoms with Gasteiger partial charge in [-0.05, 0) is 38.5 Å². The minimum absolute atomic E-state index is 0.567. The summed E-state index contributed by atoms with van der Waals surface area (Å²) in [5.74, 6) is -0.239. The number of aliphatic carboxylic acids is 1. The molecule has 1 aromatic carbocycles. The highest BCUT2D eigenvalue weighted by Crippen LogP contribution is 2.31. The first-order valence-corrected chi connectivity index (χ1v) is 6.06. The van der Waals surface area contributed by atoms with Crippen LogP contribution in [-0.4, -0.2) is 23.2 Å². The number of carboxylic acids is 1. The number of carboxylic acid groups (broad SMARTS) is 1. The van der Waals surface area contributed by atoms with E-state index in [2.05, 4.69) is 4.98 Å². The maximum absolute atomic E-state index is 11.4. The average Bonchev–Trinajstić information content (AvgIpc) is 2.36. The summed E-state index contributed by atoms with van der Waals surface area (Å²) in [6, 6.07) is 7.60. The second-order valence-electron chi connectivity index (χ2n) is 5.12. The maximum atomic E-state index is 11.4. The average molecular weight is 259 g/mol. The molecule has 0 aliphatic carbocycles. The topological polar surface area (TPSA) is 59.4 Å². The van der Waals surface area contributed by atoms with E-state index in [4.69, 9.17) is 4.74 Å². The number of hydrogen-bond donors (Lipinski definition) is 1. The minimum atomic E-state index is -1.03. The van der Waals surface area contributed by atoms with Gasteiger partial charge in [0.15, 0.2) is 0 Å². The van der Waals surface area contributed by atoms with Crippen molar-refractivity contribution in [2.24, 2.45) is 0 Å². The summed E-state index contributed by atoms with van der Waals surface area (Å²) in [6.45, 7) is 5.20. The van der Waals surface area contributed by atoms with E-state index in [0.29, 0.717) is 17.0 Å². The quantitative estimate of drug-likeness (QED) is 0.920. The zero-order valence-electron chi connectivity index (χ0n) is 11.5. The second-order valence-corrected chi connectivity index (χ2v) is 5.12. The van der Waals surface area contributed by atoms with Crippen molar-refractivity contribution in [3.05, 3.63) is 35.5 Å². The molecule has 0 bridgehead atoms. The normalized spacial score (nSPS) is 11.6. The SMILES string of the molecule is COc1cccc2cc(C)c(C(C)(C)C(=O)O)nc12. The van der Waals surface area contributed by atoms with Gasteiger partial charge in [-0.2, -0.15) is 0 Å². The molecule has 0 aliphatic rings. The third kappa shape index (κ3) is 2.14. The van der Waals surface area contributed by atoms with Crippen LogP contribution in [0.1, 0.15) is 25.1 Å². The zero-order chi connectivity index (χ0) is 14.2. The Morgan fingerprint density at radius 2 is 2.05 bits per heavy atom. The molecular weight excluding hydrogens is 242 g/mol. The van der Waals surface area contributed by atoms with Crippen LogP contribution in [0, 0.1) is 6.92 Å². The van der Waals surface area contributed by atoms with Gasteiger partial charge in [-0.25, -0.2) is 4.98 Å². The number of carbonyl (C=O) groups is 1. The molecule has 0 unspecified atom stereocenters. The van der Waals surface area contributed by atoms with E-state index >= 15 is 0 Å². The Labute approximate surface area is 112 Å². The molecule has 19 heavy (non-hydrogen) atoms.